The van der Waals surface area contributed by atoms with E-state index in [-0.39, 0.29) is 29.5 Å². The number of ether oxygens (including phenoxy) is 4. The van der Waals surface area contributed by atoms with E-state index in [0.717, 1.165) is 4.90 Å². The topological polar surface area (TPSA) is 91.4 Å². The Morgan fingerprint density at radius 1 is 1.38 bits per heavy atom. The second kappa shape index (κ2) is 7.87. The Labute approximate surface area is 143 Å². The lowest BCUT2D eigenvalue weighted by Gasteiger charge is -2.13. The molecule has 0 aliphatic carbocycles. The van der Waals surface area contributed by atoms with Crippen LogP contribution in [0.1, 0.15) is 17.3 Å². The van der Waals surface area contributed by atoms with E-state index in [0.29, 0.717) is 12.4 Å². The van der Waals surface area contributed by atoms with E-state index in [1.54, 1.807) is 6.92 Å². The fraction of sp³-hybridized carbons (Fsp3) is 0.400. The van der Waals surface area contributed by atoms with Crippen LogP contribution in [0.25, 0.3) is 0 Å². The van der Waals surface area contributed by atoms with Gasteiger partial charge in [-0.05, 0) is 19.1 Å². The van der Waals surface area contributed by atoms with Crippen LogP contribution >= 0.6 is 11.6 Å². The van der Waals surface area contributed by atoms with Crippen molar-refractivity contribution in [1.29, 1.82) is 0 Å². The van der Waals surface area contributed by atoms with Crippen LogP contribution in [-0.4, -0.2) is 56.3 Å². The summed E-state index contributed by atoms with van der Waals surface area (Å²) in [6.07, 6.45) is -0.748. The molecule has 24 heavy (non-hydrogen) atoms. The number of benzene rings is 1. The zero-order chi connectivity index (χ0) is 17.7. The van der Waals surface area contributed by atoms with Gasteiger partial charge in [0.1, 0.15) is 6.61 Å². The first-order valence-electron chi connectivity index (χ1n) is 7.12. The molecular weight excluding hydrogens is 342 g/mol. The molecular formula is C15H16ClNO7. The van der Waals surface area contributed by atoms with Crippen LogP contribution in [0.5, 0.6) is 11.5 Å². The van der Waals surface area contributed by atoms with E-state index in [1.807, 2.05) is 0 Å². The van der Waals surface area contributed by atoms with Gasteiger partial charge in [-0.1, -0.05) is 11.6 Å². The van der Waals surface area contributed by atoms with E-state index in [4.69, 9.17) is 25.8 Å². The van der Waals surface area contributed by atoms with Gasteiger partial charge < -0.3 is 18.9 Å². The van der Waals surface area contributed by atoms with Gasteiger partial charge in [-0.3, -0.25) is 4.79 Å². The molecule has 0 aromatic heterocycles. The monoisotopic (exact) mass is 357 g/mol. The van der Waals surface area contributed by atoms with E-state index in [2.05, 4.69) is 4.74 Å². The van der Waals surface area contributed by atoms with Crippen LogP contribution in [0.3, 0.4) is 0 Å². The predicted octanol–water partition coefficient (Wildman–Crippen LogP) is 1.88. The first kappa shape index (κ1) is 17.9. The van der Waals surface area contributed by atoms with Gasteiger partial charge in [0.25, 0.3) is 5.91 Å². The van der Waals surface area contributed by atoms with Crippen molar-refractivity contribution in [3.05, 3.63) is 22.7 Å². The van der Waals surface area contributed by atoms with E-state index in [9.17, 15) is 14.4 Å². The Balaban J connectivity index is 2.05. The number of cyclic esters (lactones) is 1. The van der Waals surface area contributed by atoms with Gasteiger partial charge in [0.05, 0.1) is 30.8 Å². The number of rotatable bonds is 6. The van der Waals surface area contributed by atoms with Crippen LogP contribution in [0.15, 0.2) is 12.1 Å². The third-order valence-electron chi connectivity index (χ3n) is 3.14. The summed E-state index contributed by atoms with van der Waals surface area (Å²) in [7, 11) is 1.41. The fourth-order valence-electron chi connectivity index (χ4n) is 2.03. The molecule has 0 N–H and O–H groups in total. The van der Waals surface area contributed by atoms with Gasteiger partial charge in [0, 0.05) is 0 Å². The summed E-state index contributed by atoms with van der Waals surface area (Å²) in [6, 6.07) is 2.75. The van der Waals surface area contributed by atoms with Crippen LogP contribution < -0.4 is 9.47 Å². The number of carbonyl (C=O) groups is 3. The number of methoxy groups -OCH3 is 1. The number of hydrogen-bond acceptors (Lipinski definition) is 7. The Bertz CT molecular complexity index is 661. The molecule has 8 nitrogen and oxygen atoms in total. The Morgan fingerprint density at radius 2 is 2.12 bits per heavy atom. The van der Waals surface area contributed by atoms with E-state index >= 15 is 0 Å². The SMILES string of the molecule is CCOc1c(Cl)cc(C(=O)OCC(=O)N2CCOC2=O)cc1OC. The maximum atomic E-state index is 12.1. The number of hydrogen-bond donors (Lipinski definition) is 0. The summed E-state index contributed by atoms with van der Waals surface area (Å²) in [5.74, 6) is -0.853. The summed E-state index contributed by atoms with van der Waals surface area (Å²) in [4.78, 5) is 36.0. The normalized spacial score (nSPS) is 13.5. The van der Waals surface area contributed by atoms with E-state index in [1.165, 1.54) is 19.2 Å². The smallest absolute Gasteiger partial charge is 0.416 e. The van der Waals surface area contributed by atoms with Crippen LogP contribution in [0.2, 0.25) is 5.02 Å². The number of nitrogens with zero attached hydrogens (tertiary/aromatic N) is 1. The second-order valence-electron chi connectivity index (χ2n) is 4.66. The lowest BCUT2D eigenvalue weighted by molar-refractivity contribution is -0.131. The van der Waals surface area contributed by atoms with Crippen molar-refractivity contribution in [2.75, 3.05) is 33.5 Å². The van der Waals surface area contributed by atoms with Crippen molar-refractivity contribution in [3.63, 3.8) is 0 Å². The largest absolute Gasteiger partial charge is 0.493 e. The fourth-order valence-corrected chi connectivity index (χ4v) is 2.30. The van der Waals surface area contributed by atoms with E-state index < -0.39 is 24.6 Å². The Hall–Kier alpha value is -2.48. The molecule has 1 aromatic rings. The molecule has 9 heteroatoms. The lowest BCUT2D eigenvalue weighted by Crippen LogP contribution is -2.35. The van der Waals surface area contributed by atoms with Gasteiger partial charge in [-0.2, -0.15) is 0 Å². The van der Waals surface area contributed by atoms with Gasteiger partial charge in [0.15, 0.2) is 18.1 Å². The van der Waals surface area contributed by atoms with Crippen molar-refractivity contribution in [2.24, 2.45) is 0 Å². The number of carbonyl (C=O) groups excluding carboxylic acids is 3. The molecule has 1 saturated heterocycles. The zero-order valence-electron chi connectivity index (χ0n) is 13.2. The molecule has 0 unspecified atom stereocenters. The Morgan fingerprint density at radius 3 is 2.71 bits per heavy atom. The molecule has 1 fully saturated rings. The lowest BCUT2D eigenvalue weighted by atomic mass is 10.2. The average Bonchev–Trinajstić information content (AvgIpc) is 3.00. The molecule has 2 amide bonds. The molecule has 1 aliphatic rings. The molecule has 130 valence electrons. The quantitative estimate of drug-likeness (QED) is 0.718. The Kier molecular flexibility index (Phi) is 5.86. The maximum Gasteiger partial charge on any atom is 0.416 e. The zero-order valence-corrected chi connectivity index (χ0v) is 13.9. The molecule has 0 radical (unpaired) electrons. The van der Waals surface area contributed by atoms with Crippen molar-refractivity contribution >= 4 is 29.6 Å². The molecule has 2 rings (SSSR count). The maximum absolute atomic E-state index is 12.1. The molecule has 0 saturated carbocycles. The highest BCUT2D eigenvalue weighted by Gasteiger charge is 2.29. The number of imide groups is 1. The minimum absolute atomic E-state index is 0.0945. The molecule has 1 aliphatic heterocycles. The van der Waals surface area contributed by atoms with Crippen molar-refractivity contribution in [2.45, 2.75) is 6.92 Å². The van der Waals surface area contributed by atoms with Crippen LogP contribution in [0.4, 0.5) is 4.79 Å². The first-order chi connectivity index (χ1) is 11.5. The third kappa shape index (κ3) is 3.88. The first-order valence-corrected chi connectivity index (χ1v) is 7.50. The van der Waals surface area contributed by atoms with Crippen molar-refractivity contribution in [1.82, 2.24) is 4.90 Å². The summed E-state index contributed by atoms with van der Waals surface area (Å²) in [6.45, 7) is 1.84. The summed E-state index contributed by atoms with van der Waals surface area (Å²) in [5, 5.41) is 0.178. The molecule has 0 bridgehead atoms. The molecule has 1 heterocycles. The standard InChI is InChI=1S/C15H16ClNO7/c1-3-22-13-10(16)6-9(7-11(13)21-2)14(19)24-8-12(18)17-4-5-23-15(17)20/h6-7H,3-5,8H2,1-2H3. The molecule has 0 atom stereocenters. The summed E-state index contributed by atoms with van der Waals surface area (Å²) < 4.78 is 20.0. The minimum Gasteiger partial charge on any atom is -0.493 e. The van der Waals surface area contributed by atoms with Gasteiger partial charge in [0.2, 0.25) is 0 Å². The van der Waals surface area contributed by atoms with Gasteiger partial charge in [-0.15, -0.1) is 0 Å². The third-order valence-corrected chi connectivity index (χ3v) is 3.42. The second-order valence-corrected chi connectivity index (χ2v) is 5.07. The van der Waals surface area contributed by atoms with Crippen LogP contribution in [-0.2, 0) is 14.3 Å². The molecule has 0 spiro atoms. The van der Waals surface area contributed by atoms with Crippen molar-refractivity contribution in [3.8, 4) is 11.5 Å². The highest BCUT2D eigenvalue weighted by Crippen LogP contribution is 2.36. The summed E-state index contributed by atoms with van der Waals surface area (Å²) in [5.41, 5.74) is 0.0945. The highest BCUT2D eigenvalue weighted by atomic mass is 35.5. The highest BCUT2D eigenvalue weighted by molar-refractivity contribution is 6.32. The van der Waals surface area contributed by atoms with Crippen LogP contribution in [0, 0.1) is 0 Å². The van der Waals surface area contributed by atoms with Gasteiger partial charge >= 0.3 is 12.1 Å². The summed E-state index contributed by atoms with van der Waals surface area (Å²) >= 11 is 6.07. The minimum atomic E-state index is -0.779. The number of amides is 2. The number of esters is 1. The van der Waals surface area contributed by atoms with Gasteiger partial charge in [-0.25, -0.2) is 14.5 Å². The van der Waals surface area contributed by atoms with Crippen molar-refractivity contribution < 1.29 is 33.3 Å². The average molecular weight is 358 g/mol. The predicted molar refractivity (Wildman–Crippen MR) is 82.5 cm³/mol. The molecule has 1 aromatic carbocycles. The number of halogens is 1.